The first kappa shape index (κ1) is 18.2. The van der Waals surface area contributed by atoms with Crippen molar-refractivity contribution in [2.24, 2.45) is 9.98 Å². The molecule has 0 radical (unpaired) electrons. The van der Waals surface area contributed by atoms with Crippen molar-refractivity contribution >= 4 is 22.9 Å². The van der Waals surface area contributed by atoms with E-state index in [4.69, 9.17) is 15.9 Å². The lowest BCUT2D eigenvalue weighted by atomic mass is 9.99. The van der Waals surface area contributed by atoms with Gasteiger partial charge < -0.3 is 21.3 Å². The normalized spacial score (nSPS) is 19.7. The summed E-state index contributed by atoms with van der Waals surface area (Å²) in [5.74, 6) is 0.368. The van der Waals surface area contributed by atoms with Gasteiger partial charge in [0.15, 0.2) is 11.5 Å². The summed E-state index contributed by atoms with van der Waals surface area (Å²) in [6.45, 7) is 3.81. The number of anilines is 1. The summed E-state index contributed by atoms with van der Waals surface area (Å²) in [6.07, 6.45) is 4.45. The molecule has 0 atom stereocenters. The van der Waals surface area contributed by atoms with Crippen LogP contribution >= 0.6 is 0 Å². The van der Waals surface area contributed by atoms with Gasteiger partial charge in [0, 0.05) is 19.6 Å². The number of rotatable bonds is 6. The van der Waals surface area contributed by atoms with Crippen LogP contribution in [-0.4, -0.2) is 57.3 Å². The Kier molecular flexibility index (Phi) is 5.38. The van der Waals surface area contributed by atoms with Gasteiger partial charge in [-0.25, -0.2) is 9.67 Å². The summed E-state index contributed by atoms with van der Waals surface area (Å²) in [5, 5.41) is 21.3. The minimum Gasteiger partial charge on any atom is -0.395 e. The fraction of sp³-hybridized carbons (Fsp3) is 0.471. The van der Waals surface area contributed by atoms with Crippen molar-refractivity contribution in [1.29, 1.82) is 0 Å². The van der Waals surface area contributed by atoms with Crippen LogP contribution in [0.5, 0.6) is 0 Å². The van der Waals surface area contributed by atoms with Crippen LogP contribution in [0.25, 0.3) is 0 Å². The fourth-order valence-electron chi connectivity index (χ4n) is 3.18. The Morgan fingerprint density at radius 1 is 1.19 bits per heavy atom. The van der Waals surface area contributed by atoms with Crippen LogP contribution in [0.3, 0.4) is 0 Å². The van der Waals surface area contributed by atoms with Crippen LogP contribution in [0.15, 0.2) is 38.2 Å². The molecule has 3 rings (SSSR count). The Labute approximate surface area is 150 Å². The summed E-state index contributed by atoms with van der Waals surface area (Å²) in [5.41, 5.74) is 8.97. The number of aliphatic hydroxyl groups excluding tert-OH is 2. The third-order valence-electron chi connectivity index (χ3n) is 4.43. The molecule has 0 saturated carbocycles. The Morgan fingerprint density at radius 2 is 1.92 bits per heavy atom. The lowest BCUT2D eigenvalue weighted by Gasteiger charge is -2.18. The summed E-state index contributed by atoms with van der Waals surface area (Å²) in [6, 6.07) is 0. The van der Waals surface area contributed by atoms with Crippen molar-refractivity contribution < 1.29 is 10.2 Å². The zero-order valence-corrected chi connectivity index (χ0v) is 14.8. The van der Waals surface area contributed by atoms with Gasteiger partial charge in [-0.1, -0.05) is 0 Å². The Morgan fingerprint density at radius 3 is 2.62 bits per heavy atom. The molecule has 1 aliphatic heterocycles. The van der Waals surface area contributed by atoms with E-state index < -0.39 is 0 Å². The summed E-state index contributed by atoms with van der Waals surface area (Å²) in [7, 11) is 0. The van der Waals surface area contributed by atoms with Crippen LogP contribution < -0.4 is 16.6 Å². The number of allylic oxidation sites excluding steroid dienone is 3. The third kappa shape index (κ3) is 3.23. The van der Waals surface area contributed by atoms with Gasteiger partial charge in [-0.05, 0) is 31.1 Å². The second-order valence-electron chi connectivity index (χ2n) is 6.11. The average Bonchev–Trinajstić information content (AvgIpc) is 3.20. The molecule has 140 valence electrons. The lowest BCUT2D eigenvalue weighted by molar-refractivity contribution is 0.298. The second-order valence-corrected chi connectivity index (χ2v) is 6.11. The van der Waals surface area contributed by atoms with E-state index >= 15 is 0 Å². The van der Waals surface area contributed by atoms with E-state index in [0.29, 0.717) is 43.4 Å². The second kappa shape index (κ2) is 7.71. The number of hydrogen-bond acceptors (Lipinski definition) is 7. The van der Waals surface area contributed by atoms with Crippen molar-refractivity contribution in [3.8, 4) is 0 Å². The van der Waals surface area contributed by atoms with E-state index in [1.807, 2.05) is 6.92 Å². The van der Waals surface area contributed by atoms with Crippen LogP contribution in [-0.2, 0) is 13.1 Å². The highest BCUT2D eigenvalue weighted by atomic mass is 16.3. The molecule has 1 aromatic rings. The van der Waals surface area contributed by atoms with Crippen molar-refractivity contribution in [2.45, 2.75) is 26.4 Å². The first-order valence-corrected chi connectivity index (χ1v) is 8.66. The molecule has 0 bridgehead atoms. The molecular formula is C17H24N6O3. The van der Waals surface area contributed by atoms with E-state index in [2.05, 4.69) is 15.3 Å². The molecule has 2 heterocycles. The molecule has 0 aromatic carbocycles. The Hall–Kier alpha value is -2.65. The van der Waals surface area contributed by atoms with Crippen LogP contribution in [0.4, 0.5) is 11.5 Å². The molecule has 0 saturated heterocycles. The van der Waals surface area contributed by atoms with Crippen LogP contribution in [0, 0.1) is 0 Å². The Bertz CT molecular complexity index is 872. The molecule has 5 N–H and O–H groups in total. The van der Waals surface area contributed by atoms with Gasteiger partial charge in [0.05, 0.1) is 36.9 Å². The van der Waals surface area contributed by atoms with Gasteiger partial charge in [0.25, 0.3) is 5.56 Å². The third-order valence-corrected chi connectivity index (χ3v) is 4.43. The average molecular weight is 360 g/mol. The topological polar surface area (TPSA) is 130 Å². The number of fused-ring (bicyclic) bond motifs is 1. The number of hydrogen-bond donors (Lipinski definition) is 4. The number of nitrogen functional groups attached to an aromatic ring is 1. The Balaban J connectivity index is 2.04. The predicted molar refractivity (Wildman–Crippen MR) is 101 cm³/mol. The van der Waals surface area contributed by atoms with E-state index in [1.54, 1.807) is 21.5 Å². The quantitative estimate of drug-likeness (QED) is 0.511. The first-order valence-electron chi connectivity index (χ1n) is 8.66. The molecule has 2 aliphatic rings. The number of nitrogens with one attached hydrogen (secondary N) is 1. The maximum atomic E-state index is 12.6. The van der Waals surface area contributed by atoms with Gasteiger partial charge in [-0.15, -0.1) is 0 Å². The largest absolute Gasteiger partial charge is 0.395 e. The van der Waals surface area contributed by atoms with Crippen LogP contribution in [0.1, 0.15) is 13.3 Å². The van der Waals surface area contributed by atoms with E-state index in [0.717, 1.165) is 17.7 Å². The number of aromatic nitrogens is 2. The summed E-state index contributed by atoms with van der Waals surface area (Å²) in [4.78, 5) is 21.4. The number of nitrogens with zero attached hydrogens (tertiary/aromatic N) is 4. The highest BCUT2D eigenvalue weighted by Crippen LogP contribution is 2.24. The monoisotopic (exact) mass is 360 g/mol. The molecule has 1 aliphatic carbocycles. The smallest absolute Gasteiger partial charge is 0.294 e. The molecule has 0 fully saturated rings. The summed E-state index contributed by atoms with van der Waals surface area (Å²) < 4.78 is 3.38. The van der Waals surface area contributed by atoms with Crippen molar-refractivity contribution in [3.05, 3.63) is 33.8 Å². The molecule has 26 heavy (non-hydrogen) atoms. The molecule has 9 nitrogen and oxygen atoms in total. The summed E-state index contributed by atoms with van der Waals surface area (Å²) >= 11 is 0. The first-order chi connectivity index (χ1) is 12.6. The van der Waals surface area contributed by atoms with Gasteiger partial charge in [0.1, 0.15) is 0 Å². The zero-order chi connectivity index (χ0) is 18.7. The van der Waals surface area contributed by atoms with E-state index in [1.165, 1.54) is 0 Å². The van der Waals surface area contributed by atoms with Crippen LogP contribution in [0.2, 0.25) is 0 Å². The van der Waals surface area contributed by atoms with Gasteiger partial charge in [-0.3, -0.25) is 14.5 Å². The highest BCUT2D eigenvalue weighted by molar-refractivity contribution is 6.24. The van der Waals surface area contributed by atoms with Crippen molar-refractivity contribution in [1.82, 2.24) is 14.7 Å². The maximum Gasteiger partial charge on any atom is 0.294 e. The van der Waals surface area contributed by atoms with Crippen molar-refractivity contribution in [3.63, 3.8) is 0 Å². The standard InChI is InChI=1S/C17H24N6O3/c1-11-12(19-5-9-24)3-4-13(14(11)20-6-10-25)21-15-16(18)22-7-2-8-23(22)17(15)26/h3-4,20,24-25H,2,5-10,18H2,1H3/b19-12+,21-13+. The maximum absolute atomic E-state index is 12.6. The molecular weight excluding hydrogens is 336 g/mol. The minimum absolute atomic E-state index is 0.0332. The van der Waals surface area contributed by atoms with Gasteiger partial charge in [-0.2, -0.15) is 0 Å². The zero-order valence-electron chi connectivity index (χ0n) is 14.8. The number of aliphatic imine (C=N–C) groups is 2. The van der Waals surface area contributed by atoms with Gasteiger partial charge >= 0.3 is 0 Å². The van der Waals surface area contributed by atoms with E-state index in [9.17, 15) is 4.79 Å². The van der Waals surface area contributed by atoms with Crippen molar-refractivity contribution in [2.75, 3.05) is 32.0 Å². The predicted octanol–water partition coefficient (Wildman–Crippen LogP) is -0.433. The number of aliphatic hydroxyl groups is 2. The van der Waals surface area contributed by atoms with E-state index in [-0.39, 0.29) is 24.5 Å². The SMILES string of the molecule is CC1=C(NCCO)C(=N/c2c(N)n3n(c2=O)CCC3)/C=CC/1=N\CCO. The lowest BCUT2D eigenvalue weighted by Crippen LogP contribution is -2.28. The molecule has 9 heteroatoms. The molecule has 0 unspecified atom stereocenters. The van der Waals surface area contributed by atoms with Gasteiger partial charge in [0.2, 0.25) is 0 Å². The minimum atomic E-state index is -0.195. The highest BCUT2D eigenvalue weighted by Gasteiger charge is 2.23. The fourth-order valence-corrected chi connectivity index (χ4v) is 3.18. The number of nitrogens with two attached hydrogens (primary N) is 1. The molecule has 1 aromatic heterocycles. The molecule has 0 spiro atoms. The molecule has 0 amide bonds.